The number of nitrogens with one attached hydrogen (secondary N) is 1. The predicted octanol–water partition coefficient (Wildman–Crippen LogP) is 1.44. The number of hydrogen-bond acceptors (Lipinski definition) is 5. The van der Waals surface area contributed by atoms with Crippen molar-refractivity contribution in [2.75, 3.05) is 13.2 Å². The average Bonchev–Trinajstić information content (AvgIpc) is 3.03. The Kier molecular flexibility index (Phi) is 6.49. The van der Waals surface area contributed by atoms with E-state index in [9.17, 15) is 19.2 Å². The summed E-state index contributed by atoms with van der Waals surface area (Å²) < 4.78 is 5.05. The number of aryl methyl sites for hydroxylation is 1. The van der Waals surface area contributed by atoms with Gasteiger partial charge in [0.2, 0.25) is 5.91 Å². The maximum Gasteiger partial charge on any atom is 0.329 e. The number of benzene rings is 1. The number of hydrogen-bond donors (Lipinski definition) is 1. The molecule has 2 rings (SSSR count). The van der Waals surface area contributed by atoms with Gasteiger partial charge in [-0.2, -0.15) is 0 Å². The quantitative estimate of drug-likeness (QED) is 0.775. The highest BCUT2D eigenvalue weighted by atomic mass is 16.5. The Bertz CT molecular complexity index is 696. The summed E-state index contributed by atoms with van der Waals surface area (Å²) in [7, 11) is 0. The highest BCUT2D eigenvalue weighted by Gasteiger charge is 2.30. The predicted molar refractivity (Wildman–Crippen MR) is 94.2 cm³/mol. The van der Waals surface area contributed by atoms with Crippen molar-refractivity contribution < 1.29 is 23.9 Å². The van der Waals surface area contributed by atoms with Crippen molar-refractivity contribution in [1.82, 2.24) is 10.2 Å². The van der Waals surface area contributed by atoms with Gasteiger partial charge >= 0.3 is 5.97 Å². The fourth-order valence-corrected chi connectivity index (χ4v) is 2.64. The normalized spacial score (nSPS) is 15.1. The first-order valence-corrected chi connectivity index (χ1v) is 8.67. The van der Waals surface area contributed by atoms with Crippen LogP contribution in [0.4, 0.5) is 0 Å². The molecule has 0 spiro atoms. The lowest BCUT2D eigenvalue weighted by atomic mass is 10.0. The zero-order valence-electron chi connectivity index (χ0n) is 15.3. The topological polar surface area (TPSA) is 92.8 Å². The van der Waals surface area contributed by atoms with Crippen LogP contribution in [0.3, 0.4) is 0 Å². The van der Waals surface area contributed by atoms with Crippen LogP contribution in [-0.4, -0.2) is 47.8 Å². The summed E-state index contributed by atoms with van der Waals surface area (Å²) in [5, 5.41) is 2.65. The number of amides is 3. The van der Waals surface area contributed by atoms with Crippen LogP contribution in [0.1, 0.15) is 42.6 Å². The average molecular weight is 360 g/mol. The van der Waals surface area contributed by atoms with E-state index in [2.05, 4.69) is 5.32 Å². The number of ether oxygens (including phenoxy) is 1. The fraction of sp³-hybridized carbons (Fsp3) is 0.474. The number of rotatable bonds is 6. The smallest absolute Gasteiger partial charge is 0.329 e. The standard InChI is InChI=1S/C19H24N2O5/c1-12(2)17(20-18(24)14-8-6-13(3)7-9-14)19(25)26-11-16(23)21-10-4-5-15(21)22/h6-9,12,17H,4-5,10-11H2,1-3H3,(H,20,24). The molecule has 7 nitrogen and oxygen atoms in total. The molecular formula is C19H24N2O5. The summed E-state index contributed by atoms with van der Waals surface area (Å²) in [6.07, 6.45) is 0.959. The number of esters is 1. The summed E-state index contributed by atoms with van der Waals surface area (Å²) in [4.78, 5) is 49.2. The molecule has 1 unspecified atom stereocenters. The highest BCUT2D eigenvalue weighted by Crippen LogP contribution is 2.11. The highest BCUT2D eigenvalue weighted by molar-refractivity contribution is 5.99. The molecule has 0 aliphatic carbocycles. The second kappa shape index (κ2) is 8.60. The lowest BCUT2D eigenvalue weighted by Gasteiger charge is -2.21. The molecule has 1 aliphatic rings. The van der Waals surface area contributed by atoms with Crippen molar-refractivity contribution in [3.8, 4) is 0 Å². The van der Waals surface area contributed by atoms with E-state index in [1.165, 1.54) is 0 Å². The summed E-state index contributed by atoms with van der Waals surface area (Å²) in [6, 6.07) is 6.09. The van der Waals surface area contributed by atoms with Crippen LogP contribution < -0.4 is 5.32 Å². The van der Waals surface area contributed by atoms with Gasteiger partial charge in [0.05, 0.1) is 0 Å². The third kappa shape index (κ3) is 4.91. The molecule has 0 saturated carbocycles. The minimum Gasteiger partial charge on any atom is -0.454 e. The number of carbonyl (C=O) groups excluding carboxylic acids is 4. The summed E-state index contributed by atoms with van der Waals surface area (Å²) in [6.45, 7) is 5.31. The van der Waals surface area contributed by atoms with Crippen LogP contribution in [0.25, 0.3) is 0 Å². The minimum atomic E-state index is -0.883. The Balaban J connectivity index is 1.94. The number of carbonyl (C=O) groups is 4. The van der Waals surface area contributed by atoms with Crippen molar-refractivity contribution in [3.05, 3.63) is 35.4 Å². The maximum atomic E-state index is 12.3. The Hall–Kier alpha value is -2.70. The Labute approximate surface area is 152 Å². The van der Waals surface area contributed by atoms with E-state index in [-0.39, 0.29) is 17.7 Å². The SMILES string of the molecule is Cc1ccc(C(=O)NC(C(=O)OCC(=O)N2CCCC2=O)C(C)C)cc1. The number of imide groups is 1. The van der Waals surface area contributed by atoms with Gasteiger partial charge in [-0.25, -0.2) is 4.79 Å². The van der Waals surface area contributed by atoms with Crippen LogP contribution in [0.2, 0.25) is 0 Å². The Morgan fingerprint density at radius 3 is 2.38 bits per heavy atom. The van der Waals surface area contributed by atoms with Gasteiger partial charge in [-0.1, -0.05) is 31.5 Å². The molecule has 7 heteroatoms. The maximum absolute atomic E-state index is 12.3. The first-order chi connectivity index (χ1) is 12.3. The first-order valence-electron chi connectivity index (χ1n) is 8.67. The zero-order chi connectivity index (χ0) is 19.3. The van der Waals surface area contributed by atoms with E-state index in [0.29, 0.717) is 24.9 Å². The third-order valence-corrected chi connectivity index (χ3v) is 4.23. The molecule has 1 aromatic carbocycles. The van der Waals surface area contributed by atoms with E-state index >= 15 is 0 Å². The van der Waals surface area contributed by atoms with Gasteiger partial charge in [0, 0.05) is 18.5 Å². The van der Waals surface area contributed by atoms with Gasteiger partial charge in [0.15, 0.2) is 6.61 Å². The van der Waals surface area contributed by atoms with Crippen LogP contribution in [0, 0.1) is 12.8 Å². The molecule has 1 saturated heterocycles. The molecule has 0 radical (unpaired) electrons. The van der Waals surface area contributed by atoms with E-state index in [4.69, 9.17) is 4.74 Å². The van der Waals surface area contributed by atoms with E-state index in [1.54, 1.807) is 26.0 Å². The summed E-state index contributed by atoms with van der Waals surface area (Å²) in [5.74, 6) is -2.09. The van der Waals surface area contributed by atoms with Crippen LogP contribution in [0.15, 0.2) is 24.3 Å². The van der Waals surface area contributed by atoms with Gasteiger partial charge in [-0.15, -0.1) is 0 Å². The van der Waals surface area contributed by atoms with Crippen molar-refractivity contribution in [2.24, 2.45) is 5.92 Å². The van der Waals surface area contributed by atoms with Gasteiger partial charge in [-0.05, 0) is 31.4 Å². The monoisotopic (exact) mass is 360 g/mol. The van der Waals surface area contributed by atoms with Gasteiger partial charge in [0.25, 0.3) is 11.8 Å². The molecule has 0 aromatic heterocycles. The number of likely N-dealkylation sites (tertiary alicyclic amines) is 1. The lowest BCUT2D eigenvalue weighted by Crippen LogP contribution is -2.46. The number of nitrogens with zero attached hydrogens (tertiary/aromatic N) is 1. The van der Waals surface area contributed by atoms with Gasteiger partial charge in [0.1, 0.15) is 6.04 Å². The molecular weight excluding hydrogens is 336 g/mol. The molecule has 3 amide bonds. The molecule has 1 atom stereocenters. The molecule has 1 N–H and O–H groups in total. The minimum absolute atomic E-state index is 0.222. The van der Waals surface area contributed by atoms with E-state index < -0.39 is 24.5 Å². The second-order valence-corrected chi connectivity index (χ2v) is 6.71. The van der Waals surface area contributed by atoms with Crippen molar-refractivity contribution >= 4 is 23.7 Å². The molecule has 0 bridgehead atoms. The van der Waals surface area contributed by atoms with Gasteiger partial charge < -0.3 is 10.1 Å². The van der Waals surface area contributed by atoms with Crippen LogP contribution >= 0.6 is 0 Å². The van der Waals surface area contributed by atoms with Crippen molar-refractivity contribution in [2.45, 2.75) is 39.7 Å². The van der Waals surface area contributed by atoms with Crippen molar-refractivity contribution in [1.29, 1.82) is 0 Å². The molecule has 1 fully saturated rings. The van der Waals surface area contributed by atoms with Crippen LogP contribution in [-0.2, 0) is 19.1 Å². The first kappa shape index (κ1) is 19.6. The molecule has 1 aliphatic heterocycles. The molecule has 26 heavy (non-hydrogen) atoms. The van der Waals surface area contributed by atoms with Crippen molar-refractivity contribution in [3.63, 3.8) is 0 Å². The molecule has 140 valence electrons. The van der Waals surface area contributed by atoms with Gasteiger partial charge in [-0.3, -0.25) is 19.3 Å². The lowest BCUT2D eigenvalue weighted by molar-refractivity contribution is -0.156. The zero-order valence-corrected chi connectivity index (χ0v) is 15.3. The van der Waals surface area contributed by atoms with E-state index in [1.807, 2.05) is 19.1 Å². The fourth-order valence-electron chi connectivity index (χ4n) is 2.64. The summed E-state index contributed by atoms with van der Waals surface area (Å²) >= 11 is 0. The molecule has 1 heterocycles. The van der Waals surface area contributed by atoms with E-state index in [0.717, 1.165) is 10.5 Å². The Morgan fingerprint density at radius 1 is 1.19 bits per heavy atom. The largest absolute Gasteiger partial charge is 0.454 e. The van der Waals surface area contributed by atoms with Crippen LogP contribution in [0.5, 0.6) is 0 Å². The molecule has 1 aromatic rings. The summed E-state index contributed by atoms with van der Waals surface area (Å²) in [5.41, 5.74) is 1.46. The Morgan fingerprint density at radius 2 is 1.85 bits per heavy atom. The second-order valence-electron chi connectivity index (χ2n) is 6.71. The third-order valence-electron chi connectivity index (χ3n) is 4.23.